The van der Waals surface area contributed by atoms with Gasteiger partial charge in [0.15, 0.2) is 0 Å². The summed E-state index contributed by atoms with van der Waals surface area (Å²) in [6.45, 7) is 11.6. The van der Waals surface area contributed by atoms with E-state index in [9.17, 15) is 14.4 Å². The minimum Gasteiger partial charge on any atom is -0.350 e. The maximum Gasteiger partial charge on any atom is 0.262 e. The first kappa shape index (κ1) is 21.2. The maximum atomic E-state index is 12.9. The molecule has 0 aromatic carbocycles. The molecule has 0 aliphatic rings. The van der Waals surface area contributed by atoms with Gasteiger partial charge < -0.3 is 15.5 Å². The molecule has 25 heavy (non-hydrogen) atoms. The molecule has 0 fully saturated rings. The minimum atomic E-state index is -0.669. The molecule has 1 atom stereocenters. The Bertz CT molecular complexity index is 591. The van der Waals surface area contributed by atoms with E-state index in [1.807, 2.05) is 46.9 Å². The quantitative estimate of drug-likeness (QED) is 0.776. The second-order valence-corrected chi connectivity index (χ2v) is 8.27. The predicted molar refractivity (Wildman–Crippen MR) is 101 cm³/mol. The van der Waals surface area contributed by atoms with Crippen molar-refractivity contribution in [2.75, 3.05) is 13.1 Å². The van der Waals surface area contributed by atoms with Crippen LogP contribution < -0.4 is 10.6 Å². The predicted octanol–water partition coefficient (Wildman–Crippen LogP) is 2.27. The number of amides is 3. The summed E-state index contributed by atoms with van der Waals surface area (Å²) < 4.78 is 0. The molecule has 1 rings (SSSR count). The molecule has 2 N–H and O–H groups in total. The molecule has 0 saturated carbocycles. The first-order valence-electron chi connectivity index (χ1n) is 8.49. The molecule has 0 spiro atoms. The molecule has 0 saturated heterocycles. The first-order valence-corrected chi connectivity index (χ1v) is 9.37. The summed E-state index contributed by atoms with van der Waals surface area (Å²) in [5, 5.41) is 7.47. The Kier molecular flexibility index (Phi) is 7.60. The van der Waals surface area contributed by atoms with Crippen LogP contribution in [0.4, 0.5) is 0 Å². The van der Waals surface area contributed by atoms with Gasteiger partial charge in [-0.1, -0.05) is 19.9 Å². The van der Waals surface area contributed by atoms with Crippen molar-refractivity contribution in [3.05, 3.63) is 22.4 Å². The molecular formula is C18H29N3O3S. The number of rotatable bonds is 7. The Labute approximate surface area is 154 Å². The topological polar surface area (TPSA) is 78.5 Å². The van der Waals surface area contributed by atoms with Gasteiger partial charge in [0.1, 0.15) is 6.04 Å². The third-order valence-electron chi connectivity index (χ3n) is 3.51. The Morgan fingerprint density at radius 2 is 1.88 bits per heavy atom. The smallest absolute Gasteiger partial charge is 0.262 e. The third kappa shape index (κ3) is 6.86. The van der Waals surface area contributed by atoms with Crippen LogP contribution >= 0.6 is 11.3 Å². The summed E-state index contributed by atoms with van der Waals surface area (Å²) in [5.74, 6) is -0.811. The molecule has 1 aromatic rings. The van der Waals surface area contributed by atoms with E-state index in [0.29, 0.717) is 11.4 Å². The summed E-state index contributed by atoms with van der Waals surface area (Å²) in [7, 11) is 0. The zero-order valence-corrected chi connectivity index (χ0v) is 16.7. The Morgan fingerprint density at radius 3 is 2.32 bits per heavy atom. The number of hydrogen-bond donors (Lipinski definition) is 2. The van der Waals surface area contributed by atoms with Crippen molar-refractivity contribution in [3.8, 4) is 0 Å². The number of nitrogens with zero attached hydrogens (tertiary/aromatic N) is 1. The third-order valence-corrected chi connectivity index (χ3v) is 4.38. The zero-order chi connectivity index (χ0) is 19.2. The number of thiophene rings is 1. The van der Waals surface area contributed by atoms with Gasteiger partial charge in [0, 0.05) is 12.1 Å². The van der Waals surface area contributed by atoms with Crippen LogP contribution in [0.2, 0.25) is 0 Å². The molecule has 3 amide bonds. The molecule has 1 heterocycles. The molecule has 0 radical (unpaired) electrons. The van der Waals surface area contributed by atoms with Crippen LogP contribution in [0.15, 0.2) is 17.5 Å². The summed E-state index contributed by atoms with van der Waals surface area (Å²) in [6, 6.07) is 2.84. The minimum absolute atomic E-state index is 0.0231. The number of hydrogen-bond acceptors (Lipinski definition) is 4. The Morgan fingerprint density at radius 1 is 1.24 bits per heavy atom. The molecule has 1 unspecified atom stereocenters. The molecule has 0 aliphatic heterocycles. The van der Waals surface area contributed by atoms with E-state index in [2.05, 4.69) is 10.6 Å². The van der Waals surface area contributed by atoms with Gasteiger partial charge in [-0.05, 0) is 45.1 Å². The summed E-state index contributed by atoms with van der Waals surface area (Å²) >= 11 is 1.33. The van der Waals surface area contributed by atoms with Crippen LogP contribution in [0.5, 0.6) is 0 Å². The summed E-state index contributed by atoms with van der Waals surface area (Å²) in [6.07, 6.45) is 0. The van der Waals surface area contributed by atoms with Gasteiger partial charge in [0.25, 0.3) is 5.91 Å². The molecule has 6 nitrogen and oxygen atoms in total. The Balaban J connectivity index is 2.81. The zero-order valence-electron chi connectivity index (χ0n) is 15.9. The van der Waals surface area contributed by atoms with Gasteiger partial charge in [-0.25, -0.2) is 0 Å². The highest BCUT2D eigenvalue weighted by Crippen LogP contribution is 2.12. The van der Waals surface area contributed by atoms with Crippen molar-refractivity contribution in [3.63, 3.8) is 0 Å². The second kappa shape index (κ2) is 8.99. The van der Waals surface area contributed by atoms with E-state index in [0.717, 1.165) is 0 Å². The maximum absolute atomic E-state index is 12.9. The van der Waals surface area contributed by atoms with Crippen LogP contribution in [0.1, 0.15) is 51.2 Å². The van der Waals surface area contributed by atoms with Gasteiger partial charge >= 0.3 is 0 Å². The lowest BCUT2D eigenvalue weighted by molar-refractivity contribution is -0.138. The van der Waals surface area contributed by atoms with Crippen molar-refractivity contribution in [1.82, 2.24) is 15.5 Å². The van der Waals surface area contributed by atoms with Gasteiger partial charge in [0.05, 0.1) is 11.4 Å². The number of carbonyl (C=O) groups excluding carboxylic acids is 3. The number of nitrogens with one attached hydrogen (secondary N) is 2. The van der Waals surface area contributed by atoms with E-state index in [-0.39, 0.29) is 35.7 Å². The molecular weight excluding hydrogens is 338 g/mol. The van der Waals surface area contributed by atoms with Gasteiger partial charge in [-0.15, -0.1) is 11.3 Å². The van der Waals surface area contributed by atoms with Crippen LogP contribution in [0.3, 0.4) is 0 Å². The highest BCUT2D eigenvalue weighted by molar-refractivity contribution is 7.12. The molecule has 1 aromatic heterocycles. The fourth-order valence-electron chi connectivity index (χ4n) is 2.31. The van der Waals surface area contributed by atoms with Crippen LogP contribution in [-0.4, -0.2) is 47.3 Å². The summed E-state index contributed by atoms with van der Waals surface area (Å²) in [4.78, 5) is 39.3. The van der Waals surface area contributed by atoms with Crippen LogP contribution in [0.25, 0.3) is 0 Å². The SMILES string of the molecule is CCN(CC(=O)NC(C)(C)C)C(=O)C(NC(=O)c1cccs1)C(C)C. The molecule has 0 bridgehead atoms. The van der Waals surface area contributed by atoms with Gasteiger partial charge in [0.2, 0.25) is 11.8 Å². The lowest BCUT2D eigenvalue weighted by Gasteiger charge is -2.30. The van der Waals surface area contributed by atoms with Gasteiger partial charge in [-0.3, -0.25) is 14.4 Å². The van der Waals surface area contributed by atoms with Crippen molar-refractivity contribution in [2.24, 2.45) is 5.92 Å². The lowest BCUT2D eigenvalue weighted by Crippen LogP contribution is -2.54. The normalized spacial score (nSPS) is 12.6. The van der Waals surface area contributed by atoms with E-state index in [4.69, 9.17) is 0 Å². The van der Waals surface area contributed by atoms with E-state index in [1.54, 1.807) is 12.1 Å². The van der Waals surface area contributed by atoms with E-state index >= 15 is 0 Å². The van der Waals surface area contributed by atoms with Crippen molar-refractivity contribution in [2.45, 2.75) is 53.1 Å². The van der Waals surface area contributed by atoms with Gasteiger partial charge in [-0.2, -0.15) is 0 Å². The van der Waals surface area contributed by atoms with Crippen LogP contribution in [-0.2, 0) is 9.59 Å². The van der Waals surface area contributed by atoms with Crippen molar-refractivity contribution in [1.29, 1.82) is 0 Å². The highest BCUT2D eigenvalue weighted by Gasteiger charge is 2.30. The lowest BCUT2D eigenvalue weighted by atomic mass is 10.0. The van der Waals surface area contributed by atoms with Crippen molar-refractivity contribution >= 4 is 29.1 Å². The Hall–Kier alpha value is -1.89. The number of likely N-dealkylation sites (N-methyl/N-ethyl adjacent to an activating group) is 1. The number of carbonyl (C=O) groups is 3. The van der Waals surface area contributed by atoms with E-state index in [1.165, 1.54) is 16.2 Å². The fourth-order valence-corrected chi connectivity index (χ4v) is 2.93. The average molecular weight is 368 g/mol. The summed E-state index contributed by atoms with van der Waals surface area (Å²) in [5.41, 5.74) is -0.357. The van der Waals surface area contributed by atoms with Crippen molar-refractivity contribution < 1.29 is 14.4 Å². The largest absolute Gasteiger partial charge is 0.350 e. The van der Waals surface area contributed by atoms with Crippen LogP contribution in [0, 0.1) is 5.92 Å². The standard InChI is InChI=1S/C18H29N3O3S/c1-7-21(11-14(22)20-18(4,5)6)17(24)15(12(2)3)19-16(23)13-9-8-10-25-13/h8-10,12,15H,7,11H2,1-6H3,(H,19,23)(H,20,22). The highest BCUT2D eigenvalue weighted by atomic mass is 32.1. The molecule has 140 valence electrons. The molecule has 7 heteroatoms. The van der Waals surface area contributed by atoms with E-state index < -0.39 is 6.04 Å². The molecule has 0 aliphatic carbocycles. The second-order valence-electron chi connectivity index (χ2n) is 7.32. The monoisotopic (exact) mass is 367 g/mol. The average Bonchev–Trinajstić information content (AvgIpc) is 3.01. The first-order chi connectivity index (χ1) is 11.5. The fraction of sp³-hybridized carbons (Fsp3) is 0.611.